The number of amides is 1. The molecule has 0 radical (unpaired) electrons. The molecule has 1 heterocycles. The average molecular weight is 338 g/mol. The van der Waals surface area contributed by atoms with E-state index in [1.807, 2.05) is 23.5 Å². The lowest BCUT2D eigenvalue weighted by Crippen LogP contribution is -2.28. The van der Waals surface area contributed by atoms with Crippen LogP contribution in [0.25, 0.3) is 0 Å². The van der Waals surface area contributed by atoms with Gasteiger partial charge in [0.25, 0.3) is 0 Å². The molecule has 20 heavy (non-hydrogen) atoms. The zero-order valence-electron chi connectivity index (χ0n) is 12.0. The molecule has 1 fully saturated rings. The number of carbonyl (C=O) groups excluding carboxylic acids is 2. The van der Waals surface area contributed by atoms with Gasteiger partial charge in [-0.3, -0.25) is 9.59 Å². The highest BCUT2D eigenvalue weighted by atomic mass is 32.2. The second-order valence-corrected chi connectivity index (χ2v) is 9.56. The molecule has 1 aliphatic heterocycles. The smallest absolute Gasteiger partial charge is 0.216 e. The number of rotatable bonds is 7. The molecular weight excluding hydrogens is 314 g/mol. The second kappa shape index (κ2) is 9.23. The summed E-state index contributed by atoms with van der Waals surface area (Å²) in [6.07, 6.45) is 1.50. The van der Waals surface area contributed by atoms with E-state index in [2.05, 4.69) is 12.2 Å². The molecule has 0 spiro atoms. The average Bonchev–Trinajstić information content (AvgIpc) is 2.34. The van der Waals surface area contributed by atoms with Gasteiger partial charge in [-0.2, -0.15) is 0 Å². The molecule has 1 saturated heterocycles. The van der Waals surface area contributed by atoms with Gasteiger partial charge >= 0.3 is 0 Å². The molecule has 7 heteroatoms. The first-order chi connectivity index (χ1) is 9.41. The summed E-state index contributed by atoms with van der Waals surface area (Å²) < 4.78 is 0.0405. The predicted octanol–water partition coefficient (Wildman–Crippen LogP) is 2.11. The van der Waals surface area contributed by atoms with Crippen LogP contribution >= 0.6 is 35.3 Å². The number of hydrogen-bond acceptors (Lipinski definition) is 6. The van der Waals surface area contributed by atoms with Crippen molar-refractivity contribution >= 4 is 46.3 Å². The molecule has 0 aliphatic carbocycles. The van der Waals surface area contributed by atoms with Crippen molar-refractivity contribution in [3.05, 3.63) is 0 Å². The molecule has 1 atom stereocenters. The van der Waals surface area contributed by atoms with Gasteiger partial charge in [-0.25, -0.2) is 0 Å². The van der Waals surface area contributed by atoms with Crippen LogP contribution in [0.15, 0.2) is 0 Å². The molecule has 2 N–H and O–H groups in total. The maximum Gasteiger partial charge on any atom is 0.216 e. The molecule has 0 aromatic carbocycles. The molecule has 0 saturated carbocycles. The van der Waals surface area contributed by atoms with Crippen LogP contribution in [0.1, 0.15) is 33.1 Å². The minimum atomic E-state index is -0.570. The van der Waals surface area contributed by atoms with Crippen molar-refractivity contribution in [1.82, 2.24) is 5.32 Å². The third-order valence-corrected chi connectivity index (χ3v) is 7.00. The van der Waals surface area contributed by atoms with E-state index in [1.165, 1.54) is 25.1 Å². The Bertz CT molecular complexity index is 333. The van der Waals surface area contributed by atoms with Crippen LogP contribution in [0.4, 0.5) is 0 Å². The molecule has 1 aliphatic rings. The third-order valence-electron chi connectivity index (χ3n) is 2.85. The van der Waals surface area contributed by atoms with Gasteiger partial charge in [-0.1, -0.05) is 11.8 Å². The number of thioether (sulfide) groups is 3. The summed E-state index contributed by atoms with van der Waals surface area (Å²) in [7, 11) is 0. The fourth-order valence-corrected chi connectivity index (χ4v) is 5.76. The number of aliphatic hydroxyl groups is 1. The quantitative estimate of drug-likeness (QED) is 0.694. The van der Waals surface area contributed by atoms with Crippen LogP contribution in [0.3, 0.4) is 0 Å². The molecular formula is C13H23NO3S3. The predicted molar refractivity (Wildman–Crippen MR) is 89.3 cm³/mol. The van der Waals surface area contributed by atoms with E-state index in [0.717, 1.165) is 11.5 Å². The topological polar surface area (TPSA) is 66.4 Å². The van der Waals surface area contributed by atoms with E-state index in [1.54, 1.807) is 0 Å². The molecule has 4 nitrogen and oxygen atoms in total. The highest BCUT2D eigenvalue weighted by Gasteiger charge is 2.31. The number of carbonyl (C=O) groups is 2. The Hall–Kier alpha value is 0.150. The molecule has 0 bridgehead atoms. The Kier molecular flexibility index (Phi) is 8.39. The Morgan fingerprint density at radius 3 is 2.65 bits per heavy atom. The normalized spacial score (nSPS) is 19.4. The van der Waals surface area contributed by atoms with Crippen molar-refractivity contribution in [2.45, 2.75) is 43.3 Å². The van der Waals surface area contributed by atoms with Gasteiger partial charge in [-0.15, -0.1) is 23.5 Å². The van der Waals surface area contributed by atoms with E-state index in [4.69, 9.17) is 0 Å². The molecule has 1 amide bonds. The molecule has 1 rings (SSSR count). The Morgan fingerprint density at radius 1 is 1.40 bits per heavy atom. The van der Waals surface area contributed by atoms with Crippen molar-refractivity contribution in [3.8, 4) is 0 Å². The lowest BCUT2D eigenvalue weighted by Gasteiger charge is -2.33. The standard InChI is InChI=1S/C13H23NO3S3/c1-10(15)14-4-7-18-12(17)8-11(16)9-13(2)19-5-3-6-20-13/h11,16H,3-9H2,1-2H3,(H,14,15)/t11-/m1/s1. The van der Waals surface area contributed by atoms with Gasteiger partial charge in [0.05, 0.1) is 10.2 Å². The van der Waals surface area contributed by atoms with Crippen molar-refractivity contribution in [3.63, 3.8) is 0 Å². The van der Waals surface area contributed by atoms with Crippen LogP contribution in [0.2, 0.25) is 0 Å². The van der Waals surface area contributed by atoms with E-state index in [9.17, 15) is 14.7 Å². The molecule has 116 valence electrons. The van der Waals surface area contributed by atoms with Crippen LogP contribution in [-0.4, -0.2) is 50.1 Å². The Morgan fingerprint density at radius 2 is 2.05 bits per heavy atom. The lowest BCUT2D eigenvalue weighted by atomic mass is 10.1. The summed E-state index contributed by atoms with van der Waals surface area (Å²) in [5.74, 6) is 2.74. The van der Waals surface area contributed by atoms with Gasteiger partial charge < -0.3 is 10.4 Å². The first kappa shape index (κ1) is 18.2. The maximum absolute atomic E-state index is 11.7. The second-order valence-electron chi connectivity index (χ2n) is 4.95. The monoisotopic (exact) mass is 337 g/mol. The Balaban J connectivity index is 2.18. The van der Waals surface area contributed by atoms with Gasteiger partial charge in [-0.05, 0) is 31.3 Å². The van der Waals surface area contributed by atoms with Gasteiger partial charge in [0.2, 0.25) is 5.91 Å². The largest absolute Gasteiger partial charge is 0.393 e. The van der Waals surface area contributed by atoms with E-state index in [0.29, 0.717) is 18.7 Å². The highest BCUT2D eigenvalue weighted by Crippen LogP contribution is 2.45. The summed E-state index contributed by atoms with van der Waals surface area (Å²) in [4.78, 5) is 22.4. The van der Waals surface area contributed by atoms with Gasteiger partial charge in [0, 0.05) is 25.6 Å². The highest BCUT2D eigenvalue weighted by molar-refractivity contribution is 8.18. The first-order valence-electron chi connectivity index (χ1n) is 6.77. The van der Waals surface area contributed by atoms with Crippen LogP contribution < -0.4 is 5.32 Å². The van der Waals surface area contributed by atoms with Crippen molar-refractivity contribution in [2.24, 2.45) is 0 Å². The van der Waals surface area contributed by atoms with E-state index in [-0.39, 0.29) is 21.5 Å². The third kappa shape index (κ3) is 7.81. The zero-order chi connectivity index (χ0) is 15.0. The van der Waals surface area contributed by atoms with Crippen molar-refractivity contribution < 1.29 is 14.7 Å². The number of hydrogen-bond donors (Lipinski definition) is 2. The van der Waals surface area contributed by atoms with Gasteiger partial charge in [0.1, 0.15) is 0 Å². The summed E-state index contributed by atoms with van der Waals surface area (Å²) >= 11 is 4.95. The summed E-state index contributed by atoms with van der Waals surface area (Å²) in [5, 5.41) is 12.7. The van der Waals surface area contributed by atoms with E-state index >= 15 is 0 Å². The van der Waals surface area contributed by atoms with Crippen molar-refractivity contribution in [1.29, 1.82) is 0 Å². The SMILES string of the molecule is CC(=O)NCCSC(=O)C[C@@H](O)CC1(C)SCCCS1. The molecule has 0 unspecified atom stereocenters. The van der Waals surface area contributed by atoms with E-state index < -0.39 is 6.10 Å². The summed E-state index contributed by atoms with van der Waals surface area (Å²) in [6.45, 7) is 4.10. The Labute approximate surface area is 133 Å². The van der Waals surface area contributed by atoms with Crippen LogP contribution in [0, 0.1) is 0 Å². The fraction of sp³-hybridized carbons (Fsp3) is 0.846. The number of nitrogens with one attached hydrogen (secondary N) is 1. The van der Waals surface area contributed by atoms with Gasteiger partial charge in [0.15, 0.2) is 5.12 Å². The summed E-state index contributed by atoms with van der Waals surface area (Å²) in [5.41, 5.74) is 0. The first-order valence-corrected chi connectivity index (χ1v) is 9.73. The fourth-order valence-electron chi connectivity index (χ4n) is 1.94. The number of aliphatic hydroxyl groups excluding tert-OH is 1. The zero-order valence-corrected chi connectivity index (χ0v) is 14.5. The lowest BCUT2D eigenvalue weighted by molar-refractivity contribution is -0.119. The van der Waals surface area contributed by atoms with Crippen molar-refractivity contribution in [2.75, 3.05) is 23.8 Å². The molecule has 0 aromatic rings. The maximum atomic E-state index is 11.7. The summed E-state index contributed by atoms with van der Waals surface area (Å²) in [6, 6.07) is 0. The minimum absolute atomic E-state index is 0.00254. The van der Waals surface area contributed by atoms with Crippen LogP contribution in [0.5, 0.6) is 0 Å². The van der Waals surface area contributed by atoms with Crippen LogP contribution in [-0.2, 0) is 9.59 Å². The minimum Gasteiger partial charge on any atom is -0.393 e. The molecule has 0 aromatic heterocycles.